The fourth-order valence-corrected chi connectivity index (χ4v) is 1.91. The summed E-state index contributed by atoms with van der Waals surface area (Å²) < 4.78 is 1.85. The minimum atomic E-state index is 0.152. The molecule has 3 rings (SSSR count). The number of halogens is 1. The van der Waals surface area contributed by atoms with Gasteiger partial charge in [0.25, 0.3) is 0 Å². The van der Waals surface area contributed by atoms with Crippen LogP contribution in [-0.2, 0) is 0 Å². The van der Waals surface area contributed by atoms with E-state index in [2.05, 4.69) is 9.97 Å². The van der Waals surface area contributed by atoms with Gasteiger partial charge >= 0.3 is 0 Å². The van der Waals surface area contributed by atoms with Crippen molar-refractivity contribution in [2.75, 3.05) is 0 Å². The number of nitrogens with zero attached hydrogens (tertiary/aromatic N) is 3. The zero-order valence-corrected chi connectivity index (χ0v) is 9.46. The Morgan fingerprint density at radius 3 is 3.00 bits per heavy atom. The quantitative estimate of drug-likeness (QED) is 0.717. The topological polar surface area (TPSA) is 50.4 Å². The fourth-order valence-electron chi connectivity index (χ4n) is 1.74. The van der Waals surface area contributed by atoms with Crippen LogP contribution in [0.1, 0.15) is 0 Å². The monoisotopic (exact) mass is 245 g/mol. The Balaban J connectivity index is 2.31. The lowest BCUT2D eigenvalue weighted by Gasteiger charge is -2.04. The van der Waals surface area contributed by atoms with Crippen LogP contribution in [0.4, 0.5) is 0 Å². The van der Waals surface area contributed by atoms with Crippen LogP contribution >= 0.6 is 11.6 Å². The molecule has 0 unspecified atom stereocenters. The van der Waals surface area contributed by atoms with E-state index in [0.29, 0.717) is 16.4 Å². The highest BCUT2D eigenvalue weighted by molar-refractivity contribution is 6.30. The number of imidazole rings is 1. The van der Waals surface area contributed by atoms with Gasteiger partial charge in [-0.25, -0.2) is 4.98 Å². The second-order valence-corrected chi connectivity index (χ2v) is 4.05. The van der Waals surface area contributed by atoms with Crippen molar-refractivity contribution in [2.45, 2.75) is 0 Å². The summed E-state index contributed by atoms with van der Waals surface area (Å²) in [4.78, 5) is 8.28. The van der Waals surface area contributed by atoms with Crippen LogP contribution in [0.25, 0.3) is 16.9 Å². The summed E-state index contributed by atoms with van der Waals surface area (Å²) in [6.07, 6.45) is 6.86. The number of hydrogen-bond acceptors (Lipinski definition) is 3. The third kappa shape index (κ3) is 1.62. The van der Waals surface area contributed by atoms with E-state index < -0.39 is 0 Å². The summed E-state index contributed by atoms with van der Waals surface area (Å²) in [5.41, 5.74) is 1.46. The van der Waals surface area contributed by atoms with Gasteiger partial charge in [0.2, 0.25) is 0 Å². The average molecular weight is 246 g/mol. The highest BCUT2D eigenvalue weighted by atomic mass is 35.5. The highest BCUT2D eigenvalue weighted by Crippen LogP contribution is 2.30. The van der Waals surface area contributed by atoms with E-state index in [1.165, 1.54) is 0 Å². The van der Waals surface area contributed by atoms with Gasteiger partial charge in [-0.3, -0.25) is 9.38 Å². The molecule has 0 saturated heterocycles. The van der Waals surface area contributed by atoms with Crippen LogP contribution in [0.15, 0.2) is 43.0 Å². The zero-order valence-electron chi connectivity index (χ0n) is 8.71. The van der Waals surface area contributed by atoms with E-state index in [4.69, 9.17) is 11.6 Å². The lowest BCUT2D eigenvalue weighted by Crippen LogP contribution is -1.90. The van der Waals surface area contributed by atoms with Gasteiger partial charge in [-0.15, -0.1) is 0 Å². The van der Waals surface area contributed by atoms with Crippen LogP contribution in [0, 0.1) is 0 Å². The minimum Gasteiger partial charge on any atom is -0.507 e. The van der Waals surface area contributed by atoms with Crippen molar-refractivity contribution < 1.29 is 5.11 Å². The van der Waals surface area contributed by atoms with Gasteiger partial charge in [0.05, 0.1) is 23.5 Å². The molecular weight excluding hydrogens is 238 g/mol. The van der Waals surface area contributed by atoms with Crippen molar-refractivity contribution in [3.63, 3.8) is 0 Å². The van der Waals surface area contributed by atoms with E-state index in [9.17, 15) is 5.11 Å². The summed E-state index contributed by atoms with van der Waals surface area (Å²) in [6.45, 7) is 0. The van der Waals surface area contributed by atoms with Crippen molar-refractivity contribution in [2.24, 2.45) is 0 Å². The Kier molecular flexibility index (Phi) is 2.23. The Hall–Kier alpha value is -2.07. The van der Waals surface area contributed by atoms with Crippen molar-refractivity contribution >= 4 is 17.1 Å². The normalized spacial score (nSPS) is 10.9. The van der Waals surface area contributed by atoms with Gasteiger partial charge < -0.3 is 5.11 Å². The molecule has 84 valence electrons. The summed E-state index contributed by atoms with van der Waals surface area (Å²) in [5, 5.41) is 10.4. The molecule has 0 fully saturated rings. The number of fused-ring (bicyclic) bond motifs is 1. The zero-order chi connectivity index (χ0) is 11.8. The van der Waals surface area contributed by atoms with E-state index in [1.807, 2.05) is 4.40 Å². The van der Waals surface area contributed by atoms with Crippen LogP contribution in [0.2, 0.25) is 5.02 Å². The molecule has 2 heterocycles. The van der Waals surface area contributed by atoms with Gasteiger partial charge in [-0.1, -0.05) is 11.6 Å². The predicted molar refractivity (Wildman–Crippen MR) is 65.1 cm³/mol. The van der Waals surface area contributed by atoms with Crippen molar-refractivity contribution in [3.05, 3.63) is 48.0 Å². The van der Waals surface area contributed by atoms with Crippen LogP contribution < -0.4 is 0 Å². The molecular formula is C12H8ClN3O. The largest absolute Gasteiger partial charge is 0.507 e. The van der Waals surface area contributed by atoms with Crippen LogP contribution in [0.3, 0.4) is 0 Å². The molecule has 17 heavy (non-hydrogen) atoms. The van der Waals surface area contributed by atoms with E-state index in [0.717, 1.165) is 5.52 Å². The molecule has 0 spiro atoms. The van der Waals surface area contributed by atoms with Gasteiger partial charge in [0.15, 0.2) is 0 Å². The molecule has 1 N–H and O–H groups in total. The third-order valence-electron chi connectivity index (χ3n) is 2.53. The maximum Gasteiger partial charge on any atom is 0.148 e. The maximum atomic E-state index is 9.84. The number of hydrogen-bond donors (Lipinski definition) is 1. The maximum absolute atomic E-state index is 9.84. The number of rotatable bonds is 1. The first-order valence-corrected chi connectivity index (χ1v) is 5.39. The number of phenols is 1. The molecule has 0 aliphatic carbocycles. The minimum absolute atomic E-state index is 0.152. The molecule has 4 nitrogen and oxygen atoms in total. The van der Waals surface area contributed by atoms with Gasteiger partial charge in [-0.2, -0.15) is 0 Å². The molecule has 0 saturated carbocycles. The average Bonchev–Trinajstić information content (AvgIpc) is 2.76. The molecule has 1 aromatic carbocycles. The standard InChI is InChI=1S/C12H8ClN3O/c13-8-1-2-11(17)10(5-8)12-15-7-9-6-14-3-4-16(9)12/h1-7,17H. The molecule has 0 aliphatic rings. The van der Waals surface area contributed by atoms with Gasteiger partial charge in [0.1, 0.15) is 11.6 Å². The Morgan fingerprint density at radius 2 is 2.12 bits per heavy atom. The van der Waals surface area contributed by atoms with E-state index in [1.54, 1.807) is 43.0 Å². The lowest BCUT2D eigenvalue weighted by atomic mass is 10.2. The highest BCUT2D eigenvalue weighted by Gasteiger charge is 2.10. The Bertz CT molecular complexity index is 693. The van der Waals surface area contributed by atoms with E-state index >= 15 is 0 Å². The first kappa shape index (κ1) is 10.1. The predicted octanol–water partition coefficient (Wildman–Crippen LogP) is 2.76. The van der Waals surface area contributed by atoms with Crippen molar-refractivity contribution in [1.29, 1.82) is 0 Å². The molecule has 0 atom stereocenters. The van der Waals surface area contributed by atoms with Gasteiger partial charge in [-0.05, 0) is 18.2 Å². The van der Waals surface area contributed by atoms with Gasteiger partial charge in [0, 0.05) is 17.4 Å². The molecule has 0 aliphatic heterocycles. The fraction of sp³-hybridized carbons (Fsp3) is 0. The molecule has 5 heteroatoms. The molecule has 3 aromatic rings. The molecule has 0 radical (unpaired) electrons. The van der Waals surface area contributed by atoms with E-state index in [-0.39, 0.29) is 5.75 Å². The van der Waals surface area contributed by atoms with Crippen LogP contribution in [0.5, 0.6) is 5.75 Å². The van der Waals surface area contributed by atoms with Crippen molar-refractivity contribution in [3.8, 4) is 17.1 Å². The number of aromatic nitrogens is 3. The molecule has 2 aromatic heterocycles. The summed E-state index contributed by atoms with van der Waals surface area (Å²) in [7, 11) is 0. The van der Waals surface area contributed by atoms with Crippen molar-refractivity contribution in [1.82, 2.24) is 14.4 Å². The number of benzene rings is 1. The summed E-state index contributed by atoms with van der Waals surface area (Å²) >= 11 is 5.92. The first-order valence-electron chi connectivity index (χ1n) is 5.01. The third-order valence-corrected chi connectivity index (χ3v) is 2.77. The summed E-state index contributed by atoms with van der Waals surface area (Å²) in [5.74, 6) is 0.793. The number of aromatic hydroxyl groups is 1. The smallest absolute Gasteiger partial charge is 0.148 e. The molecule has 0 amide bonds. The number of phenolic OH excluding ortho intramolecular Hbond substituents is 1. The Morgan fingerprint density at radius 1 is 1.24 bits per heavy atom. The Labute approximate surface area is 102 Å². The first-order chi connectivity index (χ1) is 8.25. The summed E-state index contributed by atoms with van der Waals surface area (Å²) in [6, 6.07) is 4.88. The molecule has 0 bridgehead atoms. The van der Waals surface area contributed by atoms with Crippen LogP contribution in [-0.4, -0.2) is 19.5 Å². The SMILES string of the molecule is Oc1ccc(Cl)cc1-c1ncc2cnccn12. The second-order valence-electron chi connectivity index (χ2n) is 3.61. The lowest BCUT2D eigenvalue weighted by molar-refractivity contribution is 0.477. The second kappa shape index (κ2) is 3.75.